The van der Waals surface area contributed by atoms with Crippen LogP contribution < -0.4 is 5.32 Å². The highest BCUT2D eigenvalue weighted by Crippen LogP contribution is 2.33. The number of hydrogen-bond donors (Lipinski definition) is 1. The van der Waals surface area contributed by atoms with Crippen LogP contribution in [-0.4, -0.2) is 75.0 Å². The Bertz CT molecular complexity index is 365. The van der Waals surface area contributed by atoms with E-state index in [-0.39, 0.29) is 24.0 Å². The van der Waals surface area contributed by atoms with Gasteiger partial charge in [-0.3, -0.25) is 4.99 Å². The van der Waals surface area contributed by atoms with Crippen LogP contribution in [0.3, 0.4) is 0 Å². The number of nitrogens with zero attached hydrogens (tertiary/aromatic N) is 2. The molecule has 2 rings (SSSR count). The summed E-state index contributed by atoms with van der Waals surface area (Å²) in [5.41, 5.74) is 0. The van der Waals surface area contributed by atoms with E-state index < -0.39 is 0 Å². The molecule has 1 unspecified atom stereocenters. The molecule has 1 atom stereocenters. The smallest absolute Gasteiger partial charge is 0.193 e. The van der Waals surface area contributed by atoms with Crippen molar-refractivity contribution in [2.45, 2.75) is 30.9 Å². The number of aliphatic imine (C=N–C) groups is 1. The Hall–Kier alpha value is 0.270. The van der Waals surface area contributed by atoms with Crippen molar-refractivity contribution in [3.8, 4) is 0 Å². The van der Waals surface area contributed by atoms with Crippen LogP contribution in [0.25, 0.3) is 0 Å². The van der Waals surface area contributed by atoms with Crippen molar-refractivity contribution in [2.75, 3.05) is 59.4 Å². The number of ether oxygens (including phenoxy) is 2. The first kappa shape index (κ1) is 21.3. The third-order valence-corrected chi connectivity index (χ3v) is 6.18. The molecule has 0 spiro atoms. The number of hydrogen-bond acceptors (Lipinski definition) is 4. The lowest BCUT2D eigenvalue weighted by Crippen LogP contribution is -2.48. The molecule has 0 aromatic heterocycles. The molecule has 0 radical (unpaired) electrons. The van der Waals surface area contributed by atoms with Crippen LogP contribution in [0, 0.1) is 5.92 Å². The number of nitrogens with one attached hydrogen (secondary N) is 1. The van der Waals surface area contributed by atoms with Gasteiger partial charge in [0.15, 0.2) is 5.96 Å². The SMILES string of the molecule is CCOCC1CCN(C(=NC)NCC2(SC)CCOCC2)C1.I. The first-order valence-electron chi connectivity index (χ1n) is 8.39. The second-order valence-corrected chi connectivity index (χ2v) is 7.43. The summed E-state index contributed by atoms with van der Waals surface area (Å²) in [6.07, 6.45) is 5.64. The van der Waals surface area contributed by atoms with Crippen molar-refractivity contribution >= 4 is 41.7 Å². The monoisotopic (exact) mass is 457 g/mol. The minimum atomic E-state index is 0. The highest BCUT2D eigenvalue weighted by Gasteiger charge is 2.33. The van der Waals surface area contributed by atoms with Gasteiger partial charge in [-0.1, -0.05) is 0 Å². The maximum atomic E-state index is 5.56. The van der Waals surface area contributed by atoms with E-state index in [0.29, 0.717) is 10.7 Å². The van der Waals surface area contributed by atoms with E-state index in [4.69, 9.17) is 9.47 Å². The van der Waals surface area contributed by atoms with Gasteiger partial charge in [0.25, 0.3) is 0 Å². The van der Waals surface area contributed by atoms with E-state index in [0.717, 1.165) is 64.9 Å². The van der Waals surface area contributed by atoms with Gasteiger partial charge in [0.05, 0.1) is 6.61 Å². The number of likely N-dealkylation sites (tertiary alicyclic amines) is 1. The number of guanidine groups is 1. The van der Waals surface area contributed by atoms with Crippen molar-refractivity contribution in [3.63, 3.8) is 0 Å². The summed E-state index contributed by atoms with van der Waals surface area (Å²) in [5.74, 6) is 1.68. The standard InChI is InChI=1S/C16H31N3O2S.HI/c1-4-20-12-14-5-8-19(11-14)15(17-2)18-13-16(22-3)6-9-21-10-7-16;/h14H,4-13H2,1-3H3,(H,17,18);1H. The normalized spacial score (nSPS) is 24.4. The predicted molar refractivity (Wildman–Crippen MR) is 109 cm³/mol. The van der Waals surface area contributed by atoms with Gasteiger partial charge < -0.3 is 19.7 Å². The van der Waals surface area contributed by atoms with Crippen LogP contribution in [-0.2, 0) is 9.47 Å². The molecule has 1 N–H and O–H groups in total. The fourth-order valence-electron chi connectivity index (χ4n) is 3.21. The van der Waals surface area contributed by atoms with E-state index in [1.54, 1.807) is 0 Å². The molecule has 2 saturated heterocycles. The van der Waals surface area contributed by atoms with Crippen LogP contribution in [0.1, 0.15) is 26.2 Å². The molecule has 7 heteroatoms. The summed E-state index contributed by atoms with van der Waals surface area (Å²) in [6.45, 7) is 8.59. The molecule has 0 aromatic rings. The zero-order chi connectivity index (χ0) is 15.8. The van der Waals surface area contributed by atoms with Crippen molar-refractivity contribution in [3.05, 3.63) is 0 Å². The third kappa shape index (κ3) is 6.25. The Morgan fingerprint density at radius 1 is 1.43 bits per heavy atom. The maximum Gasteiger partial charge on any atom is 0.193 e. The Kier molecular flexibility index (Phi) is 10.2. The Labute approximate surface area is 162 Å². The Morgan fingerprint density at radius 3 is 2.78 bits per heavy atom. The second kappa shape index (κ2) is 11.0. The second-order valence-electron chi connectivity index (χ2n) is 6.16. The maximum absolute atomic E-state index is 5.56. The number of thioether (sulfide) groups is 1. The van der Waals surface area contributed by atoms with E-state index >= 15 is 0 Å². The molecule has 0 aliphatic carbocycles. The largest absolute Gasteiger partial charge is 0.381 e. The van der Waals surface area contributed by atoms with Crippen LogP contribution in [0.15, 0.2) is 4.99 Å². The van der Waals surface area contributed by atoms with Gasteiger partial charge in [0.1, 0.15) is 0 Å². The van der Waals surface area contributed by atoms with Crippen molar-refractivity contribution in [1.29, 1.82) is 0 Å². The Morgan fingerprint density at radius 2 is 2.17 bits per heavy atom. The first-order valence-corrected chi connectivity index (χ1v) is 9.61. The predicted octanol–water partition coefficient (Wildman–Crippen LogP) is 2.45. The highest BCUT2D eigenvalue weighted by atomic mass is 127. The van der Waals surface area contributed by atoms with E-state index in [1.165, 1.54) is 6.42 Å². The molecule has 2 fully saturated rings. The van der Waals surface area contributed by atoms with Gasteiger partial charge in [0.2, 0.25) is 0 Å². The summed E-state index contributed by atoms with van der Waals surface area (Å²) in [4.78, 5) is 6.86. The fraction of sp³-hybridized carbons (Fsp3) is 0.938. The molecule has 2 heterocycles. The molecule has 2 aliphatic rings. The van der Waals surface area contributed by atoms with Crippen molar-refractivity contribution in [2.24, 2.45) is 10.9 Å². The van der Waals surface area contributed by atoms with E-state index in [1.807, 2.05) is 18.8 Å². The highest BCUT2D eigenvalue weighted by molar-refractivity contribution is 14.0. The van der Waals surface area contributed by atoms with Crippen LogP contribution in [0.5, 0.6) is 0 Å². The summed E-state index contributed by atoms with van der Waals surface area (Å²) in [6, 6.07) is 0. The third-order valence-electron chi connectivity index (χ3n) is 4.76. The van der Waals surface area contributed by atoms with Crippen LogP contribution in [0.2, 0.25) is 0 Å². The lowest BCUT2D eigenvalue weighted by molar-refractivity contribution is 0.0781. The fourth-order valence-corrected chi connectivity index (χ4v) is 4.01. The lowest BCUT2D eigenvalue weighted by atomic mass is 9.99. The molecule has 2 aliphatic heterocycles. The topological polar surface area (TPSA) is 46.1 Å². The van der Waals surface area contributed by atoms with Crippen LogP contribution in [0.4, 0.5) is 0 Å². The Balaban J connectivity index is 0.00000264. The minimum Gasteiger partial charge on any atom is -0.381 e. The summed E-state index contributed by atoms with van der Waals surface area (Å²) in [5, 5.41) is 3.61. The first-order chi connectivity index (χ1) is 10.7. The van der Waals surface area contributed by atoms with Gasteiger partial charge in [-0.25, -0.2) is 0 Å². The van der Waals surface area contributed by atoms with Gasteiger partial charge >= 0.3 is 0 Å². The zero-order valence-corrected chi connectivity index (χ0v) is 17.8. The molecule has 136 valence electrons. The molecule has 5 nitrogen and oxygen atoms in total. The van der Waals surface area contributed by atoms with Gasteiger partial charge in [-0.2, -0.15) is 11.8 Å². The summed E-state index contributed by atoms with van der Waals surface area (Å²) >= 11 is 1.96. The zero-order valence-electron chi connectivity index (χ0n) is 14.7. The van der Waals surface area contributed by atoms with Gasteiger partial charge in [-0.15, -0.1) is 24.0 Å². The molecule has 0 amide bonds. The quantitative estimate of drug-likeness (QED) is 0.377. The lowest BCUT2D eigenvalue weighted by Gasteiger charge is -2.37. The van der Waals surface area contributed by atoms with E-state index in [2.05, 4.69) is 28.4 Å². The number of halogens is 1. The number of rotatable bonds is 6. The summed E-state index contributed by atoms with van der Waals surface area (Å²) in [7, 11) is 1.88. The molecular weight excluding hydrogens is 425 g/mol. The average molecular weight is 457 g/mol. The van der Waals surface area contributed by atoms with Crippen molar-refractivity contribution in [1.82, 2.24) is 10.2 Å². The average Bonchev–Trinajstić information content (AvgIpc) is 3.03. The minimum absolute atomic E-state index is 0. The van der Waals surface area contributed by atoms with Gasteiger partial charge in [0, 0.05) is 57.2 Å². The van der Waals surface area contributed by atoms with Crippen LogP contribution >= 0.6 is 35.7 Å². The summed E-state index contributed by atoms with van der Waals surface area (Å²) < 4.78 is 11.4. The van der Waals surface area contributed by atoms with Crippen molar-refractivity contribution < 1.29 is 9.47 Å². The molecule has 0 bridgehead atoms. The molecular formula is C16H32IN3O2S. The van der Waals surface area contributed by atoms with E-state index in [9.17, 15) is 0 Å². The molecule has 23 heavy (non-hydrogen) atoms. The van der Waals surface area contributed by atoms with Gasteiger partial charge in [-0.05, 0) is 32.4 Å². The molecule has 0 aromatic carbocycles. The molecule has 0 saturated carbocycles.